The predicted molar refractivity (Wildman–Crippen MR) is 112 cm³/mol. The van der Waals surface area contributed by atoms with Gasteiger partial charge in [-0.05, 0) is 30.0 Å². The summed E-state index contributed by atoms with van der Waals surface area (Å²) in [5.74, 6) is -0.243. The van der Waals surface area contributed by atoms with Gasteiger partial charge in [0.1, 0.15) is 6.54 Å². The lowest BCUT2D eigenvalue weighted by Gasteiger charge is -2.14. The van der Waals surface area contributed by atoms with E-state index in [0.717, 1.165) is 27.5 Å². The maximum absolute atomic E-state index is 13.1. The van der Waals surface area contributed by atoms with E-state index >= 15 is 0 Å². The third kappa shape index (κ3) is 6.13. The topological polar surface area (TPSA) is 46.9 Å². The predicted octanol–water partition coefficient (Wildman–Crippen LogP) is 4.87. The van der Waals surface area contributed by atoms with Crippen LogP contribution in [-0.4, -0.2) is 33.9 Å². The molecule has 0 aliphatic rings. The molecule has 0 aliphatic carbocycles. The van der Waals surface area contributed by atoms with E-state index in [2.05, 4.69) is 10.3 Å². The Morgan fingerprint density at radius 2 is 1.80 bits per heavy atom. The lowest BCUT2D eigenvalue weighted by Crippen LogP contribution is -2.27. The Kier molecular flexibility index (Phi) is 7.20. The molecular weight excluding hydrogens is 411 g/mol. The average Bonchev–Trinajstić information content (AvgIpc) is 3.09. The van der Waals surface area contributed by atoms with E-state index in [1.165, 1.54) is 6.20 Å². The van der Waals surface area contributed by atoms with E-state index in [9.17, 15) is 18.0 Å². The van der Waals surface area contributed by atoms with Gasteiger partial charge in [-0.3, -0.25) is 4.79 Å². The van der Waals surface area contributed by atoms with Gasteiger partial charge in [0.05, 0.1) is 17.6 Å². The number of nitrogens with one attached hydrogen (secondary N) is 1. The Morgan fingerprint density at radius 1 is 1.10 bits per heavy atom. The number of halogens is 3. The molecule has 0 bridgehead atoms. The number of imidazole rings is 1. The second-order valence-electron chi connectivity index (χ2n) is 6.81. The van der Waals surface area contributed by atoms with Gasteiger partial charge in [-0.2, -0.15) is 13.2 Å². The molecule has 8 heteroatoms. The summed E-state index contributed by atoms with van der Waals surface area (Å²) in [6, 6.07) is 16.7. The molecule has 2 aromatic carbocycles. The fraction of sp³-hybridized carbons (Fsp3) is 0.273. The monoisotopic (exact) mass is 433 g/mol. The Balaban J connectivity index is 1.62. The quantitative estimate of drug-likeness (QED) is 0.516. The number of carbonyl (C=O) groups is 1. The Labute approximate surface area is 177 Å². The Bertz CT molecular complexity index is 987. The fourth-order valence-electron chi connectivity index (χ4n) is 3.05. The van der Waals surface area contributed by atoms with Gasteiger partial charge in [0.15, 0.2) is 5.16 Å². The second-order valence-corrected chi connectivity index (χ2v) is 7.75. The first-order valence-electron chi connectivity index (χ1n) is 9.45. The Morgan fingerprint density at radius 3 is 2.50 bits per heavy atom. The van der Waals surface area contributed by atoms with Crippen molar-refractivity contribution in [3.8, 4) is 11.3 Å². The molecule has 0 unspecified atom stereocenters. The van der Waals surface area contributed by atoms with E-state index in [1.807, 2.05) is 31.2 Å². The molecule has 3 aromatic rings. The van der Waals surface area contributed by atoms with Crippen molar-refractivity contribution in [3.05, 3.63) is 71.9 Å². The third-order valence-corrected chi connectivity index (χ3v) is 5.53. The number of hydrogen-bond acceptors (Lipinski definition) is 3. The van der Waals surface area contributed by atoms with E-state index in [4.69, 9.17) is 0 Å². The standard InChI is InChI=1S/C22H22F3N3OS/c1-16-7-5-6-8-17(16)11-12-26-20(29)14-30-21-27-13-19(18-9-3-2-4-10-18)28(21)15-22(23,24)25/h2-10,13H,11-12,14-15H2,1H3,(H,26,29). The fourth-order valence-corrected chi connectivity index (χ4v) is 3.86. The number of amides is 1. The zero-order chi connectivity index (χ0) is 21.6. The van der Waals surface area contributed by atoms with Crippen molar-refractivity contribution in [1.29, 1.82) is 0 Å². The number of rotatable bonds is 8. The van der Waals surface area contributed by atoms with Crippen LogP contribution < -0.4 is 5.32 Å². The molecule has 4 nitrogen and oxygen atoms in total. The molecule has 1 heterocycles. The van der Waals surface area contributed by atoms with Crippen LogP contribution in [-0.2, 0) is 17.8 Å². The maximum Gasteiger partial charge on any atom is 0.406 e. The highest BCUT2D eigenvalue weighted by Crippen LogP contribution is 2.29. The van der Waals surface area contributed by atoms with Crippen molar-refractivity contribution in [2.45, 2.75) is 31.2 Å². The summed E-state index contributed by atoms with van der Waals surface area (Å²) >= 11 is 1.00. The van der Waals surface area contributed by atoms with Crippen molar-refractivity contribution in [2.24, 2.45) is 0 Å². The molecule has 0 saturated heterocycles. The molecule has 30 heavy (non-hydrogen) atoms. The summed E-state index contributed by atoms with van der Waals surface area (Å²) in [4.78, 5) is 16.3. The number of alkyl halides is 3. The maximum atomic E-state index is 13.1. The van der Waals surface area contributed by atoms with Crippen LogP contribution in [0.5, 0.6) is 0 Å². The summed E-state index contributed by atoms with van der Waals surface area (Å²) < 4.78 is 40.5. The Hall–Kier alpha value is -2.74. The molecule has 0 radical (unpaired) electrons. The smallest absolute Gasteiger partial charge is 0.355 e. The number of benzene rings is 2. The second kappa shape index (κ2) is 9.84. The molecule has 1 N–H and O–H groups in total. The third-order valence-electron chi connectivity index (χ3n) is 4.54. The van der Waals surface area contributed by atoms with Crippen molar-refractivity contribution in [1.82, 2.24) is 14.9 Å². The number of aromatic nitrogens is 2. The minimum atomic E-state index is -4.39. The molecule has 3 rings (SSSR count). The first-order chi connectivity index (χ1) is 14.3. The molecule has 0 saturated carbocycles. The van der Waals surface area contributed by atoms with Gasteiger partial charge in [-0.15, -0.1) is 0 Å². The van der Waals surface area contributed by atoms with Crippen LogP contribution in [0, 0.1) is 6.92 Å². The molecule has 0 aliphatic heterocycles. The zero-order valence-electron chi connectivity index (χ0n) is 16.4. The summed E-state index contributed by atoms with van der Waals surface area (Å²) in [6.45, 7) is 1.32. The van der Waals surface area contributed by atoms with E-state index in [1.54, 1.807) is 30.3 Å². The molecule has 158 valence electrons. The summed E-state index contributed by atoms with van der Waals surface area (Å²) in [7, 11) is 0. The number of nitrogens with zero attached hydrogens (tertiary/aromatic N) is 2. The van der Waals surface area contributed by atoms with Gasteiger partial charge in [-0.1, -0.05) is 66.4 Å². The summed E-state index contributed by atoms with van der Waals surface area (Å²) in [5, 5.41) is 2.98. The van der Waals surface area contributed by atoms with E-state index < -0.39 is 12.7 Å². The van der Waals surface area contributed by atoms with Gasteiger partial charge >= 0.3 is 6.18 Å². The van der Waals surface area contributed by atoms with Crippen LogP contribution in [0.1, 0.15) is 11.1 Å². The largest absolute Gasteiger partial charge is 0.406 e. The van der Waals surface area contributed by atoms with Gasteiger partial charge in [-0.25, -0.2) is 4.98 Å². The number of carbonyl (C=O) groups excluding carboxylic acids is 1. The highest BCUT2D eigenvalue weighted by atomic mass is 32.2. The molecule has 0 atom stereocenters. The lowest BCUT2D eigenvalue weighted by molar-refractivity contribution is -0.141. The molecule has 0 spiro atoms. The first kappa shape index (κ1) is 22.0. The van der Waals surface area contributed by atoms with Crippen LogP contribution in [0.25, 0.3) is 11.3 Å². The average molecular weight is 433 g/mol. The van der Waals surface area contributed by atoms with Crippen LogP contribution in [0.2, 0.25) is 0 Å². The van der Waals surface area contributed by atoms with Crippen molar-refractivity contribution in [3.63, 3.8) is 0 Å². The van der Waals surface area contributed by atoms with Gasteiger partial charge in [0.25, 0.3) is 0 Å². The normalized spacial score (nSPS) is 11.5. The first-order valence-corrected chi connectivity index (χ1v) is 10.4. The molecular formula is C22H22F3N3OS. The summed E-state index contributed by atoms with van der Waals surface area (Å²) in [5.41, 5.74) is 3.32. The van der Waals surface area contributed by atoms with E-state index in [-0.39, 0.29) is 16.8 Å². The zero-order valence-corrected chi connectivity index (χ0v) is 17.3. The van der Waals surface area contributed by atoms with Crippen molar-refractivity contribution in [2.75, 3.05) is 12.3 Å². The van der Waals surface area contributed by atoms with Gasteiger partial charge in [0, 0.05) is 6.54 Å². The summed E-state index contributed by atoms with van der Waals surface area (Å²) in [6.07, 6.45) is -2.28. The highest BCUT2D eigenvalue weighted by molar-refractivity contribution is 7.99. The molecule has 0 fully saturated rings. The number of thioether (sulfide) groups is 1. The minimum absolute atomic E-state index is 0.00310. The van der Waals surface area contributed by atoms with Gasteiger partial charge < -0.3 is 9.88 Å². The minimum Gasteiger partial charge on any atom is -0.355 e. The number of aryl methyl sites for hydroxylation is 1. The van der Waals surface area contributed by atoms with Crippen LogP contribution in [0.4, 0.5) is 13.2 Å². The highest BCUT2D eigenvalue weighted by Gasteiger charge is 2.31. The van der Waals surface area contributed by atoms with Gasteiger partial charge in [0.2, 0.25) is 5.91 Å². The SMILES string of the molecule is Cc1ccccc1CCNC(=O)CSc1ncc(-c2ccccc2)n1CC(F)(F)F. The number of hydrogen-bond donors (Lipinski definition) is 1. The van der Waals surface area contributed by atoms with E-state index in [0.29, 0.717) is 24.2 Å². The van der Waals surface area contributed by atoms with Crippen LogP contribution >= 0.6 is 11.8 Å². The van der Waals surface area contributed by atoms with Crippen LogP contribution in [0.15, 0.2) is 66.0 Å². The van der Waals surface area contributed by atoms with Crippen molar-refractivity contribution < 1.29 is 18.0 Å². The van der Waals surface area contributed by atoms with Crippen LogP contribution in [0.3, 0.4) is 0 Å². The molecule has 1 amide bonds. The lowest BCUT2D eigenvalue weighted by atomic mass is 10.1. The molecule has 1 aromatic heterocycles. The van der Waals surface area contributed by atoms with Crippen molar-refractivity contribution >= 4 is 17.7 Å².